The van der Waals surface area contributed by atoms with Crippen molar-refractivity contribution in [1.29, 1.82) is 0 Å². The van der Waals surface area contributed by atoms with Crippen LogP contribution in [0.3, 0.4) is 0 Å². The smallest absolute Gasteiger partial charge is 0.338 e. The Hall–Kier alpha value is -3.50. The second kappa shape index (κ2) is 7.82. The summed E-state index contributed by atoms with van der Waals surface area (Å²) in [7, 11) is 0. The Morgan fingerprint density at radius 3 is 2.48 bits per heavy atom. The van der Waals surface area contributed by atoms with Crippen LogP contribution in [0.1, 0.15) is 36.6 Å². The summed E-state index contributed by atoms with van der Waals surface area (Å²) in [6.07, 6.45) is 0.769. The Morgan fingerprint density at radius 1 is 1.00 bits per heavy atom. The molecule has 2 atom stereocenters. The Kier molecular flexibility index (Phi) is 5.06. The predicted molar refractivity (Wildman–Crippen MR) is 116 cm³/mol. The monoisotopic (exact) mass is 456 g/mol. The van der Waals surface area contributed by atoms with Crippen molar-refractivity contribution in [2.45, 2.75) is 39.4 Å². The van der Waals surface area contributed by atoms with E-state index in [2.05, 4.69) is 36.6 Å². The molecule has 5 heterocycles. The van der Waals surface area contributed by atoms with Gasteiger partial charge < -0.3 is 9.47 Å². The summed E-state index contributed by atoms with van der Waals surface area (Å²) < 4.78 is 43.3. The van der Waals surface area contributed by atoms with E-state index in [1.165, 1.54) is 16.7 Å². The number of imidazole rings is 1. The lowest BCUT2D eigenvalue weighted by Gasteiger charge is -2.37. The number of hydrogen-bond acceptors (Lipinski definition) is 6. The molecule has 33 heavy (non-hydrogen) atoms. The van der Waals surface area contributed by atoms with Crippen LogP contribution in [0.4, 0.5) is 19.1 Å². The molecule has 0 saturated carbocycles. The molecule has 1 aliphatic heterocycles. The molecule has 8 nitrogen and oxygen atoms in total. The molecule has 1 saturated heterocycles. The van der Waals surface area contributed by atoms with Gasteiger partial charge in [0.05, 0.1) is 29.2 Å². The summed E-state index contributed by atoms with van der Waals surface area (Å²) in [5.74, 6) is 2.66. The lowest BCUT2D eigenvalue weighted by molar-refractivity contribution is -0.137. The van der Waals surface area contributed by atoms with Crippen LogP contribution in [-0.4, -0.2) is 47.2 Å². The third kappa shape index (κ3) is 3.91. The maximum atomic E-state index is 13.2. The molecule has 0 unspecified atom stereocenters. The molecule has 0 radical (unpaired) electrons. The van der Waals surface area contributed by atoms with E-state index < -0.39 is 11.7 Å². The molecule has 0 amide bonds. The number of hydrogen-bond donors (Lipinski definition) is 0. The SMILES string of the molecule is Cc1nnc(C)n1[C@@H]1C[C@H](C)CN(c2nccc(-c3cnc4ccc(C(F)(F)F)cn34)n2)C1. The van der Waals surface area contributed by atoms with Crippen LogP contribution < -0.4 is 4.90 Å². The fourth-order valence-electron chi connectivity index (χ4n) is 4.65. The number of aryl methyl sites for hydroxylation is 2. The molecule has 0 spiro atoms. The highest BCUT2D eigenvalue weighted by molar-refractivity contribution is 5.61. The maximum absolute atomic E-state index is 13.2. The first kappa shape index (κ1) is 21.4. The number of alkyl halides is 3. The quantitative estimate of drug-likeness (QED) is 0.462. The third-order valence-corrected chi connectivity index (χ3v) is 6.06. The molecular weight excluding hydrogens is 433 g/mol. The fourth-order valence-corrected chi connectivity index (χ4v) is 4.65. The number of fused-ring (bicyclic) bond motifs is 1. The Bertz CT molecular complexity index is 1290. The molecule has 11 heteroatoms. The third-order valence-electron chi connectivity index (χ3n) is 6.06. The average Bonchev–Trinajstić information content (AvgIpc) is 3.35. The van der Waals surface area contributed by atoms with Crippen molar-refractivity contribution >= 4 is 11.6 Å². The molecule has 0 bridgehead atoms. The highest BCUT2D eigenvalue weighted by Gasteiger charge is 2.32. The van der Waals surface area contributed by atoms with Crippen molar-refractivity contribution in [3.63, 3.8) is 0 Å². The number of piperidine rings is 1. The minimum absolute atomic E-state index is 0.182. The van der Waals surface area contributed by atoms with Crippen molar-refractivity contribution < 1.29 is 13.2 Å². The number of aromatic nitrogens is 7. The Balaban J connectivity index is 1.50. The average molecular weight is 456 g/mol. The first-order valence-corrected chi connectivity index (χ1v) is 10.7. The first-order valence-electron chi connectivity index (χ1n) is 10.7. The maximum Gasteiger partial charge on any atom is 0.417 e. The van der Waals surface area contributed by atoms with Crippen LogP contribution in [0.2, 0.25) is 0 Å². The van der Waals surface area contributed by atoms with E-state index in [1.54, 1.807) is 12.3 Å². The summed E-state index contributed by atoms with van der Waals surface area (Å²) in [4.78, 5) is 15.5. The molecule has 172 valence electrons. The predicted octanol–water partition coefficient (Wildman–Crippen LogP) is 4.11. The van der Waals surface area contributed by atoms with Gasteiger partial charge >= 0.3 is 6.18 Å². The van der Waals surface area contributed by atoms with Crippen molar-refractivity contribution in [1.82, 2.24) is 34.1 Å². The summed E-state index contributed by atoms with van der Waals surface area (Å²) in [5.41, 5.74) is 0.671. The van der Waals surface area contributed by atoms with Gasteiger partial charge in [-0.2, -0.15) is 13.2 Å². The summed E-state index contributed by atoms with van der Waals surface area (Å²) in [5, 5.41) is 8.38. The zero-order valence-electron chi connectivity index (χ0n) is 18.5. The van der Waals surface area contributed by atoms with Gasteiger partial charge in [0, 0.05) is 25.5 Å². The number of rotatable bonds is 3. The van der Waals surface area contributed by atoms with E-state index in [9.17, 15) is 13.2 Å². The Morgan fingerprint density at radius 2 is 1.76 bits per heavy atom. The zero-order valence-corrected chi connectivity index (χ0v) is 18.5. The lowest BCUT2D eigenvalue weighted by atomic mass is 9.95. The summed E-state index contributed by atoms with van der Waals surface area (Å²) in [6, 6.07) is 4.25. The molecular formula is C22H23F3N8. The van der Waals surface area contributed by atoms with Crippen molar-refractivity contribution in [2.75, 3.05) is 18.0 Å². The molecule has 0 N–H and O–H groups in total. The van der Waals surface area contributed by atoms with Gasteiger partial charge in [-0.1, -0.05) is 6.92 Å². The van der Waals surface area contributed by atoms with Crippen LogP contribution in [0.5, 0.6) is 0 Å². The van der Waals surface area contributed by atoms with Crippen LogP contribution in [0.15, 0.2) is 36.8 Å². The molecule has 1 fully saturated rings. The number of halogens is 3. The topological polar surface area (TPSA) is 77.0 Å². The van der Waals surface area contributed by atoms with Gasteiger partial charge in [0.2, 0.25) is 5.95 Å². The number of pyridine rings is 1. The lowest BCUT2D eigenvalue weighted by Crippen LogP contribution is -2.42. The highest BCUT2D eigenvalue weighted by Crippen LogP contribution is 2.32. The summed E-state index contributed by atoms with van der Waals surface area (Å²) >= 11 is 0. The van der Waals surface area contributed by atoms with Gasteiger partial charge in [-0.3, -0.25) is 4.40 Å². The van der Waals surface area contributed by atoms with Crippen LogP contribution >= 0.6 is 0 Å². The molecule has 4 aromatic rings. The van der Waals surface area contributed by atoms with Crippen LogP contribution in [0.25, 0.3) is 17.0 Å². The van der Waals surface area contributed by atoms with Crippen molar-refractivity contribution in [3.8, 4) is 11.4 Å². The minimum atomic E-state index is -4.44. The van der Waals surface area contributed by atoms with Crippen LogP contribution in [-0.2, 0) is 6.18 Å². The largest absolute Gasteiger partial charge is 0.417 e. The molecule has 5 rings (SSSR count). The number of nitrogens with zero attached hydrogens (tertiary/aromatic N) is 8. The van der Waals surface area contributed by atoms with Gasteiger partial charge in [-0.15, -0.1) is 10.2 Å². The highest BCUT2D eigenvalue weighted by atomic mass is 19.4. The normalized spacial score (nSPS) is 19.4. The molecule has 0 aromatic carbocycles. The second-order valence-corrected chi connectivity index (χ2v) is 8.59. The van der Waals surface area contributed by atoms with E-state index >= 15 is 0 Å². The van der Waals surface area contributed by atoms with Crippen LogP contribution in [0, 0.1) is 19.8 Å². The fraction of sp³-hybridized carbons (Fsp3) is 0.409. The molecule has 4 aromatic heterocycles. The van der Waals surface area contributed by atoms with E-state index in [0.29, 0.717) is 35.4 Å². The van der Waals surface area contributed by atoms with E-state index in [-0.39, 0.29) is 6.04 Å². The van der Waals surface area contributed by atoms with Gasteiger partial charge in [0.15, 0.2) is 0 Å². The molecule has 1 aliphatic rings. The van der Waals surface area contributed by atoms with Crippen molar-refractivity contribution in [2.24, 2.45) is 5.92 Å². The number of anilines is 1. The van der Waals surface area contributed by atoms with E-state index in [1.807, 2.05) is 13.8 Å². The van der Waals surface area contributed by atoms with E-state index in [0.717, 1.165) is 36.9 Å². The van der Waals surface area contributed by atoms with Gasteiger partial charge in [0.1, 0.15) is 17.3 Å². The second-order valence-electron chi connectivity index (χ2n) is 8.59. The first-order chi connectivity index (χ1) is 15.7. The molecule has 0 aliphatic carbocycles. The standard InChI is InChI=1S/C22H23F3N8/c1-13-8-17(33-14(2)29-30-15(33)3)12-31(10-13)21-26-7-6-18(28-21)19-9-27-20-5-4-16(11-32(19)20)22(23,24)25/h4-7,9,11,13,17H,8,10,12H2,1-3H3/t13-,17+/m0/s1. The zero-order chi connectivity index (χ0) is 23.3. The minimum Gasteiger partial charge on any atom is -0.338 e. The van der Waals surface area contributed by atoms with Gasteiger partial charge in [-0.25, -0.2) is 15.0 Å². The van der Waals surface area contributed by atoms with Gasteiger partial charge in [0.25, 0.3) is 0 Å². The Labute approximate surface area is 188 Å². The van der Waals surface area contributed by atoms with Crippen molar-refractivity contribution in [3.05, 3.63) is 54.0 Å². The summed E-state index contributed by atoms with van der Waals surface area (Å²) in [6.45, 7) is 7.55. The van der Waals surface area contributed by atoms with E-state index in [4.69, 9.17) is 4.98 Å². The van der Waals surface area contributed by atoms with Gasteiger partial charge in [-0.05, 0) is 44.4 Å².